The molecule has 2 nitrogen and oxygen atoms in total. The van der Waals surface area contributed by atoms with Gasteiger partial charge in [0.15, 0.2) is 0 Å². The lowest BCUT2D eigenvalue weighted by Gasteiger charge is -2.32. The summed E-state index contributed by atoms with van der Waals surface area (Å²) in [6, 6.07) is 6.04. The molecule has 18 heavy (non-hydrogen) atoms. The fraction of sp³-hybridized carbons (Fsp3) is 0.600. The first-order chi connectivity index (χ1) is 8.56. The Balaban J connectivity index is 1.86. The zero-order chi connectivity index (χ0) is 13.1. The molecule has 1 aromatic rings. The topological polar surface area (TPSA) is 35.2 Å². The second kappa shape index (κ2) is 6.07. The summed E-state index contributed by atoms with van der Waals surface area (Å²) in [4.78, 5) is 0. The molecule has 0 aromatic heterocycles. The maximum absolute atomic E-state index is 6.01. The first-order valence-electron chi connectivity index (χ1n) is 6.71. The van der Waals surface area contributed by atoms with Gasteiger partial charge in [-0.25, -0.2) is 0 Å². The fourth-order valence-corrected chi connectivity index (χ4v) is 2.79. The lowest BCUT2D eigenvalue weighted by molar-refractivity contribution is -0.00743. The Hall–Kier alpha value is -0.540. The van der Waals surface area contributed by atoms with E-state index in [9.17, 15) is 0 Å². The van der Waals surface area contributed by atoms with Gasteiger partial charge in [0.2, 0.25) is 0 Å². The van der Waals surface area contributed by atoms with Crippen LogP contribution in [-0.4, -0.2) is 6.10 Å². The smallest absolute Gasteiger partial charge is 0.0721 e. The average Bonchev–Trinajstić information content (AvgIpc) is 2.35. The number of hydrogen-bond acceptors (Lipinski definition) is 2. The van der Waals surface area contributed by atoms with Crippen LogP contribution in [0.2, 0.25) is 0 Å². The maximum atomic E-state index is 6.01. The molecule has 0 radical (unpaired) electrons. The largest absolute Gasteiger partial charge is 0.398 e. The first kappa shape index (κ1) is 13.9. The highest BCUT2D eigenvalue weighted by molar-refractivity contribution is 9.10. The van der Waals surface area contributed by atoms with Gasteiger partial charge in [-0.1, -0.05) is 19.9 Å². The van der Waals surface area contributed by atoms with Gasteiger partial charge in [0, 0.05) is 10.2 Å². The third kappa shape index (κ3) is 3.48. The Morgan fingerprint density at radius 3 is 2.72 bits per heavy atom. The summed E-state index contributed by atoms with van der Waals surface area (Å²) in [6.07, 6.45) is 4.08. The highest BCUT2D eigenvalue weighted by atomic mass is 79.9. The molecule has 2 rings (SSSR count). The Morgan fingerprint density at radius 2 is 2.06 bits per heavy atom. The van der Waals surface area contributed by atoms with Gasteiger partial charge >= 0.3 is 0 Å². The minimum Gasteiger partial charge on any atom is -0.398 e. The van der Waals surface area contributed by atoms with Crippen LogP contribution in [0.5, 0.6) is 0 Å². The van der Waals surface area contributed by atoms with Crippen LogP contribution < -0.4 is 5.73 Å². The van der Waals surface area contributed by atoms with E-state index in [1.54, 1.807) is 0 Å². The number of anilines is 1. The summed E-state index contributed by atoms with van der Waals surface area (Å²) < 4.78 is 6.96. The molecule has 0 spiro atoms. The van der Waals surface area contributed by atoms with E-state index in [0.717, 1.165) is 27.6 Å². The molecule has 0 heterocycles. The Labute approximate surface area is 118 Å². The van der Waals surface area contributed by atoms with E-state index in [-0.39, 0.29) is 0 Å². The van der Waals surface area contributed by atoms with Crippen molar-refractivity contribution in [3.8, 4) is 0 Å². The van der Waals surface area contributed by atoms with Gasteiger partial charge in [-0.2, -0.15) is 0 Å². The number of benzene rings is 1. The van der Waals surface area contributed by atoms with Crippen LogP contribution in [0.3, 0.4) is 0 Å². The molecular weight excluding hydrogens is 290 g/mol. The summed E-state index contributed by atoms with van der Waals surface area (Å²) in [6.45, 7) is 5.34. The number of halogens is 1. The van der Waals surface area contributed by atoms with Crippen molar-refractivity contribution >= 4 is 21.6 Å². The monoisotopic (exact) mass is 311 g/mol. The molecule has 0 amide bonds. The third-order valence-electron chi connectivity index (χ3n) is 4.10. The van der Waals surface area contributed by atoms with Gasteiger partial charge in [0.25, 0.3) is 0 Å². The van der Waals surface area contributed by atoms with E-state index in [2.05, 4.69) is 35.8 Å². The second-order valence-corrected chi connectivity index (χ2v) is 6.41. The molecular formula is C15H22BrNO. The molecule has 1 saturated carbocycles. The van der Waals surface area contributed by atoms with E-state index >= 15 is 0 Å². The first-order valence-corrected chi connectivity index (χ1v) is 7.51. The van der Waals surface area contributed by atoms with Gasteiger partial charge in [0.05, 0.1) is 12.7 Å². The molecule has 3 unspecified atom stereocenters. The Bertz CT molecular complexity index is 407. The number of rotatable bonds is 3. The zero-order valence-corrected chi connectivity index (χ0v) is 12.7. The maximum Gasteiger partial charge on any atom is 0.0721 e. The molecule has 1 aliphatic rings. The molecule has 3 atom stereocenters. The minimum atomic E-state index is 0.418. The molecule has 2 N–H and O–H groups in total. The molecule has 0 bridgehead atoms. The summed E-state index contributed by atoms with van der Waals surface area (Å²) in [7, 11) is 0. The molecule has 1 fully saturated rings. The van der Waals surface area contributed by atoms with Gasteiger partial charge in [0.1, 0.15) is 0 Å². The highest BCUT2D eigenvalue weighted by Gasteiger charge is 2.24. The quantitative estimate of drug-likeness (QED) is 0.841. The SMILES string of the molecule is CC1CCC(OCc2ccc(Br)c(N)c2)CC1C. The van der Waals surface area contributed by atoms with E-state index in [1.165, 1.54) is 19.3 Å². The Morgan fingerprint density at radius 1 is 1.28 bits per heavy atom. The van der Waals surface area contributed by atoms with E-state index in [0.29, 0.717) is 12.7 Å². The van der Waals surface area contributed by atoms with Crippen LogP contribution in [0.15, 0.2) is 22.7 Å². The van der Waals surface area contributed by atoms with E-state index in [1.807, 2.05) is 12.1 Å². The lowest BCUT2D eigenvalue weighted by atomic mass is 9.80. The van der Waals surface area contributed by atoms with Gasteiger partial charge < -0.3 is 10.5 Å². The fourth-order valence-electron chi connectivity index (χ4n) is 2.55. The van der Waals surface area contributed by atoms with Crippen molar-refractivity contribution in [2.24, 2.45) is 11.8 Å². The molecule has 1 aliphatic carbocycles. The van der Waals surface area contributed by atoms with Gasteiger partial charge in [-0.3, -0.25) is 0 Å². The van der Waals surface area contributed by atoms with Crippen LogP contribution >= 0.6 is 15.9 Å². The predicted octanol–water partition coefficient (Wildman–Crippen LogP) is 4.37. The van der Waals surface area contributed by atoms with Crippen molar-refractivity contribution in [2.75, 3.05) is 5.73 Å². The van der Waals surface area contributed by atoms with Crippen molar-refractivity contribution in [1.29, 1.82) is 0 Å². The van der Waals surface area contributed by atoms with Crippen molar-refractivity contribution in [3.63, 3.8) is 0 Å². The van der Waals surface area contributed by atoms with Gasteiger partial charge in [-0.15, -0.1) is 0 Å². The second-order valence-electron chi connectivity index (χ2n) is 5.56. The van der Waals surface area contributed by atoms with Crippen molar-refractivity contribution in [2.45, 2.75) is 45.8 Å². The molecule has 0 saturated heterocycles. The Kier molecular flexibility index (Phi) is 4.68. The number of hydrogen-bond donors (Lipinski definition) is 1. The molecule has 1 aromatic carbocycles. The number of ether oxygens (including phenoxy) is 1. The number of nitrogen functional groups attached to an aromatic ring is 1. The standard InChI is InChI=1S/C15H22BrNO/c1-10-3-5-13(7-11(10)2)18-9-12-4-6-14(16)15(17)8-12/h4,6,8,10-11,13H,3,5,7,9,17H2,1-2H3. The zero-order valence-electron chi connectivity index (χ0n) is 11.2. The van der Waals surface area contributed by atoms with Crippen LogP contribution in [0.1, 0.15) is 38.7 Å². The van der Waals surface area contributed by atoms with Crippen LogP contribution in [-0.2, 0) is 11.3 Å². The number of nitrogens with two attached hydrogens (primary N) is 1. The highest BCUT2D eigenvalue weighted by Crippen LogP contribution is 2.31. The summed E-state index contributed by atoms with van der Waals surface area (Å²) in [5.74, 6) is 1.62. The molecule has 3 heteroatoms. The molecule has 100 valence electrons. The summed E-state index contributed by atoms with van der Waals surface area (Å²) >= 11 is 3.41. The van der Waals surface area contributed by atoms with Crippen LogP contribution in [0, 0.1) is 11.8 Å². The van der Waals surface area contributed by atoms with Crippen molar-refractivity contribution in [1.82, 2.24) is 0 Å². The third-order valence-corrected chi connectivity index (χ3v) is 4.82. The average molecular weight is 312 g/mol. The van der Waals surface area contributed by atoms with Crippen molar-refractivity contribution in [3.05, 3.63) is 28.2 Å². The summed E-state index contributed by atoms with van der Waals surface area (Å²) in [5.41, 5.74) is 7.80. The normalized spacial score (nSPS) is 28.3. The van der Waals surface area contributed by atoms with E-state index in [4.69, 9.17) is 10.5 Å². The predicted molar refractivity (Wildman–Crippen MR) is 79.3 cm³/mol. The minimum absolute atomic E-state index is 0.418. The van der Waals surface area contributed by atoms with Crippen LogP contribution in [0.4, 0.5) is 5.69 Å². The lowest BCUT2D eigenvalue weighted by Crippen LogP contribution is -2.26. The molecule has 0 aliphatic heterocycles. The van der Waals surface area contributed by atoms with Crippen molar-refractivity contribution < 1.29 is 4.74 Å². The summed E-state index contributed by atoms with van der Waals surface area (Å²) in [5, 5.41) is 0. The van der Waals surface area contributed by atoms with Crippen LogP contribution in [0.25, 0.3) is 0 Å². The van der Waals surface area contributed by atoms with Gasteiger partial charge in [-0.05, 0) is 64.7 Å². The van der Waals surface area contributed by atoms with E-state index < -0.39 is 0 Å².